The molecule has 0 aromatic rings. The Morgan fingerprint density at radius 2 is 2.07 bits per heavy atom. The summed E-state index contributed by atoms with van der Waals surface area (Å²) in [5, 5.41) is 36.1. The van der Waals surface area contributed by atoms with Crippen molar-refractivity contribution in [3.63, 3.8) is 0 Å². The highest BCUT2D eigenvalue weighted by atomic mass is 16.6. The fourth-order valence-corrected chi connectivity index (χ4v) is 1.20. The van der Waals surface area contributed by atoms with Crippen molar-refractivity contribution in [3.05, 3.63) is 11.5 Å². The lowest BCUT2D eigenvalue weighted by atomic mass is 9.94. The molecule has 1 amide bonds. The lowest BCUT2D eigenvalue weighted by molar-refractivity contribution is -0.172. The number of nitrogens with two attached hydrogens (primary N) is 1. The molecule has 1 aliphatic heterocycles. The molecule has 8 nitrogen and oxygen atoms in total. The highest BCUT2D eigenvalue weighted by Gasteiger charge is 2.58. The molecule has 1 heterocycles. The maximum Gasteiger partial charge on any atom is 0.378 e. The minimum atomic E-state index is -2.62. The van der Waals surface area contributed by atoms with Crippen molar-refractivity contribution in [1.29, 1.82) is 0 Å². The maximum absolute atomic E-state index is 11.0. The van der Waals surface area contributed by atoms with Crippen LogP contribution in [0, 0.1) is 0 Å². The Kier molecular flexibility index (Phi) is 2.56. The van der Waals surface area contributed by atoms with Gasteiger partial charge in [0.15, 0.2) is 5.76 Å². The van der Waals surface area contributed by atoms with Crippen molar-refractivity contribution in [2.75, 3.05) is 6.61 Å². The molecule has 8 heteroatoms. The van der Waals surface area contributed by atoms with Crippen molar-refractivity contribution in [1.82, 2.24) is 0 Å². The summed E-state index contributed by atoms with van der Waals surface area (Å²) in [6, 6.07) is 0. The SMILES string of the molecule is NC(=O)[C@]1([C@@H](O)CO)OC(=O)C(O)=C1O. The van der Waals surface area contributed by atoms with E-state index in [2.05, 4.69) is 4.74 Å². The number of rotatable bonds is 3. The molecular weight excluding hydrogens is 210 g/mol. The summed E-state index contributed by atoms with van der Waals surface area (Å²) in [6.45, 7) is -0.993. The molecule has 0 radical (unpaired) electrons. The van der Waals surface area contributed by atoms with Crippen LogP contribution >= 0.6 is 0 Å². The summed E-state index contributed by atoms with van der Waals surface area (Å²) in [4.78, 5) is 21.8. The number of hydrogen-bond acceptors (Lipinski definition) is 7. The Hall–Kier alpha value is -1.80. The van der Waals surface area contributed by atoms with Crippen LogP contribution in [0.1, 0.15) is 0 Å². The molecule has 0 aliphatic carbocycles. The second-order valence-corrected chi connectivity index (χ2v) is 2.89. The summed E-state index contributed by atoms with van der Waals surface area (Å²) in [5.41, 5.74) is 2.22. The largest absolute Gasteiger partial charge is 0.504 e. The monoisotopic (exact) mass is 219 g/mol. The van der Waals surface area contributed by atoms with Gasteiger partial charge in [0.25, 0.3) is 11.5 Å². The van der Waals surface area contributed by atoms with Gasteiger partial charge in [-0.1, -0.05) is 0 Å². The first-order chi connectivity index (χ1) is 6.87. The van der Waals surface area contributed by atoms with Gasteiger partial charge < -0.3 is 30.9 Å². The zero-order valence-corrected chi connectivity index (χ0v) is 7.38. The van der Waals surface area contributed by atoms with E-state index in [4.69, 9.17) is 15.9 Å². The molecule has 0 saturated carbocycles. The predicted octanol–water partition coefficient (Wildman–Crippen LogP) is -2.55. The van der Waals surface area contributed by atoms with Crippen LogP contribution in [0.3, 0.4) is 0 Å². The van der Waals surface area contributed by atoms with Crippen molar-refractivity contribution in [2.45, 2.75) is 11.7 Å². The molecule has 1 rings (SSSR count). The average Bonchev–Trinajstić information content (AvgIpc) is 2.42. The lowest BCUT2D eigenvalue weighted by Crippen LogP contribution is -2.56. The van der Waals surface area contributed by atoms with Crippen LogP contribution in [0.15, 0.2) is 11.5 Å². The Morgan fingerprint density at radius 3 is 2.33 bits per heavy atom. The summed E-state index contributed by atoms with van der Waals surface area (Å²) >= 11 is 0. The third-order valence-corrected chi connectivity index (χ3v) is 2.03. The van der Waals surface area contributed by atoms with Gasteiger partial charge in [-0.15, -0.1) is 0 Å². The van der Waals surface area contributed by atoms with E-state index in [1.807, 2.05) is 0 Å². The Morgan fingerprint density at radius 1 is 1.53 bits per heavy atom. The van der Waals surface area contributed by atoms with E-state index >= 15 is 0 Å². The van der Waals surface area contributed by atoms with Gasteiger partial charge >= 0.3 is 5.97 Å². The van der Waals surface area contributed by atoms with Crippen molar-refractivity contribution >= 4 is 11.9 Å². The van der Waals surface area contributed by atoms with Gasteiger partial charge in [0, 0.05) is 0 Å². The van der Waals surface area contributed by atoms with Crippen LogP contribution < -0.4 is 5.73 Å². The fraction of sp³-hybridized carbons (Fsp3) is 0.429. The predicted molar refractivity (Wildman–Crippen MR) is 43.4 cm³/mol. The first-order valence-electron chi connectivity index (χ1n) is 3.82. The van der Waals surface area contributed by atoms with E-state index in [-0.39, 0.29) is 0 Å². The van der Waals surface area contributed by atoms with Gasteiger partial charge in [0.05, 0.1) is 6.61 Å². The second kappa shape index (κ2) is 3.41. The number of aliphatic hydroxyl groups excluding tert-OH is 4. The van der Waals surface area contributed by atoms with Crippen LogP contribution in [0.2, 0.25) is 0 Å². The number of esters is 1. The van der Waals surface area contributed by atoms with E-state index in [0.717, 1.165) is 0 Å². The molecule has 84 valence electrons. The first-order valence-corrected chi connectivity index (χ1v) is 3.82. The molecule has 0 aromatic carbocycles. The fourth-order valence-electron chi connectivity index (χ4n) is 1.20. The van der Waals surface area contributed by atoms with Crippen molar-refractivity contribution in [2.24, 2.45) is 5.73 Å². The molecule has 0 bridgehead atoms. The zero-order valence-electron chi connectivity index (χ0n) is 7.38. The third kappa shape index (κ3) is 1.30. The second-order valence-electron chi connectivity index (χ2n) is 2.89. The van der Waals surface area contributed by atoms with E-state index in [0.29, 0.717) is 0 Å². The maximum atomic E-state index is 11.0. The highest BCUT2D eigenvalue weighted by Crippen LogP contribution is 2.32. The molecule has 6 N–H and O–H groups in total. The normalized spacial score (nSPS) is 27.7. The number of carbonyl (C=O) groups excluding carboxylic acids is 2. The van der Waals surface area contributed by atoms with E-state index in [9.17, 15) is 19.8 Å². The topological polar surface area (TPSA) is 150 Å². The number of aliphatic hydroxyl groups is 4. The Bertz CT molecular complexity index is 349. The van der Waals surface area contributed by atoms with E-state index in [1.54, 1.807) is 0 Å². The van der Waals surface area contributed by atoms with Gasteiger partial charge in [0.2, 0.25) is 5.76 Å². The number of primary amides is 1. The molecule has 1 aliphatic rings. The number of amides is 1. The molecule has 0 saturated heterocycles. The van der Waals surface area contributed by atoms with Crippen molar-refractivity contribution < 1.29 is 34.8 Å². The van der Waals surface area contributed by atoms with Crippen molar-refractivity contribution in [3.8, 4) is 0 Å². The smallest absolute Gasteiger partial charge is 0.378 e. The van der Waals surface area contributed by atoms with Gasteiger partial charge in [-0.3, -0.25) is 4.79 Å². The minimum Gasteiger partial charge on any atom is -0.504 e. The number of ether oxygens (including phenoxy) is 1. The van der Waals surface area contributed by atoms with Gasteiger partial charge in [-0.25, -0.2) is 4.79 Å². The van der Waals surface area contributed by atoms with Crippen LogP contribution in [-0.4, -0.2) is 50.6 Å². The van der Waals surface area contributed by atoms with E-state index < -0.39 is 41.7 Å². The molecule has 0 unspecified atom stereocenters. The molecule has 15 heavy (non-hydrogen) atoms. The first kappa shape index (κ1) is 11.3. The minimum absolute atomic E-state index is 0.993. The summed E-state index contributed by atoms with van der Waals surface area (Å²) < 4.78 is 4.29. The Labute approximate surface area is 83.2 Å². The summed E-state index contributed by atoms with van der Waals surface area (Å²) in [5.74, 6) is -5.24. The zero-order chi connectivity index (χ0) is 11.8. The van der Waals surface area contributed by atoms with Crippen LogP contribution in [-0.2, 0) is 14.3 Å². The van der Waals surface area contributed by atoms with E-state index in [1.165, 1.54) is 0 Å². The number of hydrogen-bond donors (Lipinski definition) is 5. The molecular formula is C7H9NO7. The quantitative estimate of drug-likeness (QED) is 0.328. The number of cyclic esters (lactones) is 1. The summed E-state index contributed by atoms with van der Waals surface area (Å²) in [6.07, 6.45) is -1.96. The van der Waals surface area contributed by atoms with Crippen LogP contribution in [0.4, 0.5) is 0 Å². The van der Waals surface area contributed by atoms with Gasteiger partial charge in [-0.2, -0.15) is 0 Å². The average molecular weight is 219 g/mol. The lowest BCUT2D eigenvalue weighted by Gasteiger charge is -2.27. The van der Waals surface area contributed by atoms with Gasteiger partial charge in [-0.05, 0) is 0 Å². The van der Waals surface area contributed by atoms with Crippen LogP contribution in [0.25, 0.3) is 0 Å². The molecule has 2 atom stereocenters. The summed E-state index contributed by atoms with van der Waals surface area (Å²) in [7, 11) is 0. The number of carbonyl (C=O) groups is 2. The third-order valence-electron chi connectivity index (χ3n) is 2.03. The molecule has 0 spiro atoms. The standard InChI is InChI=1S/C7H9NO7/c8-6(14)7(2(10)1-9)4(12)3(11)5(13)15-7/h2,9-12H,1H2,(H2,8,14)/t2-,7+/m0/s1. The molecule has 0 aromatic heterocycles. The highest BCUT2D eigenvalue weighted by molar-refractivity contribution is 5.99. The Balaban J connectivity index is 3.28. The van der Waals surface area contributed by atoms with Crippen LogP contribution in [0.5, 0.6) is 0 Å². The molecule has 0 fully saturated rings. The van der Waals surface area contributed by atoms with Gasteiger partial charge in [0.1, 0.15) is 6.10 Å².